The first-order chi connectivity index (χ1) is 8.81. The van der Waals surface area contributed by atoms with Crippen LogP contribution < -0.4 is 10.1 Å². The molecule has 18 heavy (non-hydrogen) atoms. The van der Waals surface area contributed by atoms with Gasteiger partial charge in [0.15, 0.2) is 0 Å². The van der Waals surface area contributed by atoms with E-state index in [0.717, 1.165) is 18.7 Å². The molecule has 1 heterocycles. The van der Waals surface area contributed by atoms with Crippen molar-refractivity contribution in [3.8, 4) is 5.75 Å². The summed E-state index contributed by atoms with van der Waals surface area (Å²) < 4.78 is 5.78. The summed E-state index contributed by atoms with van der Waals surface area (Å²) in [6, 6.07) is 14.7. The third-order valence-electron chi connectivity index (χ3n) is 3.31. The number of anilines is 1. The van der Waals surface area contributed by atoms with Crippen LogP contribution in [0.25, 0.3) is 0 Å². The minimum atomic E-state index is 0.623. The molecule has 1 aliphatic heterocycles. The van der Waals surface area contributed by atoms with Crippen molar-refractivity contribution in [3.05, 3.63) is 59.2 Å². The molecule has 1 aliphatic rings. The van der Waals surface area contributed by atoms with Crippen LogP contribution in [0.5, 0.6) is 5.75 Å². The highest BCUT2D eigenvalue weighted by Gasteiger charge is 2.09. The number of ether oxygens (including phenoxy) is 1. The molecule has 0 aliphatic carbocycles. The van der Waals surface area contributed by atoms with Crippen molar-refractivity contribution < 1.29 is 4.74 Å². The average Bonchev–Trinajstić information content (AvgIpc) is 2.85. The largest absolute Gasteiger partial charge is 0.489 e. The lowest BCUT2D eigenvalue weighted by atomic mass is 10.1. The Morgan fingerprint density at radius 2 is 1.94 bits per heavy atom. The summed E-state index contributed by atoms with van der Waals surface area (Å²) >= 11 is 0. The maximum absolute atomic E-state index is 5.78. The first kappa shape index (κ1) is 11.1. The minimum absolute atomic E-state index is 0.623. The zero-order valence-electron chi connectivity index (χ0n) is 10.6. The molecule has 1 N–H and O–H groups in total. The minimum Gasteiger partial charge on any atom is -0.489 e. The van der Waals surface area contributed by atoms with E-state index >= 15 is 0 Å². The zero-order chi connectivity index (χ0) is 12.4. The molecular weight excluding hydrogens is 222 g/mol. The molecule has 0 atom stereocenters. The Morgan fingerprint density at radius 1 is 1.11 bits per heavy atom. The second-order valence-corrected chi connectivity index (χ2v) is 4.77. The summed E-state index contributed by atoms with van der Waals surface area (Å²) in [7, 11) is 0. The van der Waals surface area contributed by atoms with Crippen LogP contribution in [0.4, 0.5) is 5.69 Å². The topological polar surface area (TPSA) is 21.3 Å². The van der Waals surface area contributed by atoms with Gasteiger partial charge in [0.1, 0.15) is 12.4 Å². The zero-order valence-corrected chi connectivity index (χ0v) is 10.6. The molecule has 92 valence electrons. The molecule has 0 spiro atoms. The normalized spacial score (nSPS) is 12.9. The van der Waals surface area contributed by atoms with E-state index in [4.69, 9.17) is 4.74 Å². The third kappa shape index (κ3) is 2.33. The standard InChI is InChI=1S/C16H17NO/c1-12-2-6-15(7-3-12)18-11-13-4-5-14-8-9-17-16(14)10-13/h2-7,10,17H,8-9,11H2,1H3. The van der Waals surface area contributed by atoms with Crippen molar-refractivity contribution in [2.75, 3.05) is 11.9 Å². The van der Waals surface area contributed by atoms with Crippen molar-refractivity contribution in [2.24, 2.45) is 0 Å². The van der Waals surface area contributed by atoms with Gasteiger partial charge in [-0.1, -0.05) is 29.8 Å². The van der Waals surface area contributed by atoms with E-state index in [9.17, 15) is 0 Å². The summed E-state index contributed by atoms with van der Waals surface area (Å²) in [5.41, 5.74) is 5.14. The number of fused-ring (bicyclic) bond motifs is 1. The fourth-order valence-corrected chi connectivity index (χ4v) is 2.23. The summed E-state index contributed by atoms with van der Waals surface area (Å²) in [4.78, 5) is 0. The van der Waals surface area contributed by atoms with Crippen LogP contribution in [0, 0.1) is 6.92 Å². The lowest BCUT2D eigenvalue weighted by Crippen LogP contribution is -1.96. The molecule has 0 unspecified atom stereocenters. The van der Waals surface area contributed by atoms with Crippen LogP contribution in [0.3, 0.4) is 0 Å². The van der Waals surface area contributed by atoms with E-state index in [0.29, 0.717) is 6.61 Å². The average molecular weight is 239 g/mol. The monoisotopic (exact) mass is 239 g/mol. The number of nitrogens with one attached hydrogen (secondary N) is 1. The number of hydrogen-bond acceptors (Lipinski definition) is 2. The summed E-state index contributed by atoms with van der Waals surface area (Å²) in [5, 5.41) is 3.39. The smallest absolute Gasteiger partial charge is 0.119 e. The Labute approximate surface area is 108 Å². The Bertz CT molecular complexity index is 546. The van der Waals surface area contributed by atoms with Crippen molar-refractivity contribution in [3.63, 3.8) is 0 Å². The van der Waals surface area contributed by atoms with Gasteiger partial charge >= 0.3 is 0 Å². The molecule has 0 saturated heterocycles. The second kappa shape index (κ2) is 4.73. The maximum atomic E-state index is 5.78. The van der Waals surface area contributed by atoms with Gasteiger partial charge in [0.05, 0.1) is 0 Å². The Kier molecular flexibility index (Phi) is 2.93. The fourth-order valence-electron chi connectivity index (χ4n) is 2.23. The van der Waals surface area contributed by atoms with Crippen LogP contribution in [0.15, 0.2) is 42.5 Å². The van der Waals surface area contributed by atoms with Crippen LogP contribution in [-0.2, 0) is 13.0 Å². The molecule has 0 saturated carbocycles. The molecule has 0 radical (unpaired) electrons. The Morgan fingerprint density at radius 3 is 2.78 bits per heavy atom. The second-order valence-electron chi connectivity index (χ2n) is 4.77. The van der Waals surface area contributed by atoms with E-state index in [1.165, 1.54) is 22.4 Å². The van der Waals surface area contributed by atoms with Crippen molar-refractivity contribution in [1.82, 2.24) is 0 Å². The van der Waals surface area contributed by atoms with Crippen molar-refractivity contribution in [2.45, 2.75) is 20.0 Å². The van der Waals surface area contributed by atoms with E-state index in [2.05, 4.69) is 42.6 Å². The Hall–Kier alpha value is -1.96. The summed E-state index contributed by atoms with van der Waals surface area (Å²) in [6.45, 7) is 3.76. The lowest BCUT2D eigenvalue weighted by molar-refractivity contribution is 0.306. The van der Waals surface area contributed by atoms with Gasteiger partial charge in [-0.15, -0.1) is 0 Å². The van der Waals surface area contributed by atoms with E-state index in [-0.39, 0.29) is 0 Å². The van der Waals surface area contributed by atoms with Crippen LogP contribution in [0.2, 0.25) is 0 Å². The highest BCUT2D eigenvalue weighted by Crippen LogP contribution is 2.24. The highest BCUT2D eigenvalue weighted by atomic mass is 16.5. The van der Waals surface area contributed by atoms with Gasteiger partial charge in [0.2, 0.25) is 0 Å². The lowest BCUT2D eigenvalue weighted by Gasteiger charge is -2.08. The van der Waals surface area contributed by atoms with Gasteiger partial charge in [0, 0.05) is 12.2 Å². The number of hydrogen-bond donors (Lipinski definition) is 1. The van der Waals surface area contributed by atoms with E-state index < -0.39 is 0 Å². The van der Waals surface area contributed by atoms with Gasteiger partial charge in [0.25, 0.3) is 0 Å². The predicted octanol–water partition coefficient (Wildman–Crippen LogP) is 3.54. The van der Waals surface area contributed by atoms with Crippen molar-refractivity contribution >= 4 is 5.69 Å². The molecule has 2 nitrogen and oxygen atoms in total. The molecular formula is C16H17NO. The molecule has 2 aromatic carbocycles. The SMILES string of the molecule is Cc1ccc(OCc2ccc3c(c2)NCC3)cc1. The third-order valence-corrected chi connectivity index (χ3v) is 3.31. The van der Waals surface area contributed by atoms with Gasteiger partial charge in [-0.3, -0.25) is 0 Å². The van der Waals surface area contributed by atoms with Gasteiger partial charge in [-0.2, -0.15) is 0 Å². The van der Waals surface area contributed by atoms with Crippen LogP contribution in [-0.4, -0.2) is 6.54 Å². The molecule has 0 amide bonds. The van der Waals surface area contributed by atoms with Gasteiger partial charge in [-0.25, -0.2) is 0 Å². The van der Waals surface area contributed by atoms with E-state index in [1.54, 1.807) is 0 Å². The molecule has 0 aromatic heterocycles. The first-order valence-corrected chi connectivity index (χ1v) is 6.36. The summed E-state index contributed by atoms with van der Waals surface area (Å²) in [6.07, 6.45) is 1.13. The molecule has 0 bridgehead atoms. The fraction of sp³-hybridized carbons (Fsp3) is 0.250. The van der Waals surface area contributed by atoms with Crippen molar-refractivity contribution in [1.29, 1.82) is 0 Å². The molecule has 2 aromatic rings. The summed E-state index contributed by atoms with van der Waals surface area (Å²) in [5.74, 6) is 0.925. The molecule has 2 heteroatoms. The maximum Gasteiger partial charge on any atom is 0.119 e. The van der Waals surface area contributed by atoms with E-state index in [1.807, 2.05) is 12.1 Å². The number of aryl methyl sites for hydroxylation is 1. The first-order valence-electron chi connectivity index (χ1n) is 6.36. The van der Waals surface area contributed by atoms with Gasteiger partial charge in [-0.05, 0) is 42.7 Å². The quantitative estimate of drug-likeness (QED) is 0.884. The molecule has 0 fully saturated rings. The number of rotatable bonds is 3. The van der Waals surface area contributed by atoms with Gasteiger partial charge < -0.3 is 10.1 Å². The molecule has 3 rings (SSSR count). The number of benzene rings is 2. The highest BCUT2D eigenvalue weighted by molar-refractivity contribution is 5.56. The predicted molar refractivity (Wildman–Crippen MR) is 74.1 cm³/mol. The van der Waals surface area contributed by atoms with Crippen LogP contribution in [0.1, 0.15) is 16.7 Å². The van der Waals surface area contributed by atoms with Crippen LogP contribution >= 0.6 is 0 Å². The Balaban J connectivity index is 1.68.